The molecule has 0 unspecified atom stereocenters. The van der Waals surface area contributed by atoms with Crippen LogP contribution in [-0.2, 0) is 0 Å². The second kappa shape index (κ2) is 5.45. The molecule has 0 radical (unpaired) electrons. The number of hydrogen-bond donors (Lipinski definition) is 1. The Labute approximate surface area is 103 Å². The number of carbonyl (C=O) groups excluding carboxylic acids is 1. The largest absolute Gasteiger partial charge is 0.306 e. The molecular formula is C12H11N3OS. The molecule has 86 valence electrons. The summed E-state index contributed by atoms with van der Waals surface area (Å²) in [6, 6.07) is 9.11. The van der Waals surface area contributed by atoms with Crippen LogP contribution in [0.1, 0.15) is 10.4 Å². The number of benzene rings is 1. The van der Waals surface area contributed by atoms with Gasteiger partial charge < -0.3 is 5.32 Å². The topological polar surface area (TPSA) is 54.9 Å². The van der Waals surface area contributed by atoms with E-state index >= 15 is 0 Å². The lowest BCUT2D eigenvalue weighted by atomic mass is 10.2. The molecule has 0 aliphatic carbocycles. The van der Waals surface area contributed by atoms with Gasteiger partial charge >= 0.3 is 0 Å². The minimum atomic E-state index is -0.159. The van der Waals surface area contributed by atoms with E-state index in [0.717, 1.165) is 4.90 Å². The third-order valence-electron chi connectivity index (χ3n) is 2.18. The lowest BCUT2D eigenvalue weighted by molar-refractivity contribution is 0.102. The number of rotatable bonds is 3. The van der Waals surface area contributed by atoms with E-state index < -0.39 is 0 Å². The van der Waals surface area contributed by atoms with Crippen LogP contribution in [0, 0.1) is 0 Å². The highest BCUT2D eigenvalue weighted by Gasteiger charge is 2.10. The SMILES string of the molecule is CSc1ccccc1C(=O)Nc1ccncn1. The maximum Gasteiger partial charge on any atom is 0.257 e. The first-order valence-electron chi connectivity index (χ1n) is 5.01. The van der Waals surface area contributed by atoms with Gasteiger partial charge in [-0.2, -0.15) is 0 Å². The molecule has 0 atom stereocenters. The standard InChI is InChI=1S/C12H11N3OS/c1-17-10-5-3-2-4-9(10)12(16)15-11-6-7-13-8-14-11/h2-8H,1H3,(H,13,14,15,16). The summed E-state index contributed by atoms with van der Waals surface area (Å²) in [5, 5.41) is 2.73. The first-order chi connectivity index (χ1) is 8.31. The second-order valence-corrected chi connectivity index (χ2v) is 4.10. The number of thioether (sulfide) groups is 1. The van der Waals surface area contributed by atoms with Gasteiger partial charge in [-0.3, -0.25) is 4.79 Å². The molecule has 2 aromatic rings. The molecule has 5 heteroatoms. The Bertz CT molecular complexity index is 516. The number of hydrogen-bond acceptors (Lipinski definition) is 4. The Kier molecular flexibility index (Phi) is 3.72. The molecule has 0 fully saturated rings. The molecule has 1 amide bonds. The first-order valence-corrected chi connectivity index (χ1v) is 6.24. The third kappa shape index (κ3) is 2.82. The zero-order valence-electron chi connectivity index (χ0n) is 9.25. The van der Waals surface area contributed by atoms with Crippen molar-refractivity contribution in [1.82, 2.24) is 9.97 Å². The van der Waals surface area contributed by atoms with Gasteiger partial charge in [0.1, 0.15) is 12.1 Å². The van der Waals surface area contributed by atoms with Crippen molar-refractivity contribution >= 4 is 23.5 Å². The molecule has 17 heavy (non-hydrogen) atoms. The number of nitrogens with one attached hydrogen (secondary N) is 1. The van der Waals surface area contributed by atoms with Gasteiger partial charge in [0.2, 0.25) is 0 Å². The summed E-state index contributed by atoms with van der Waals surface area (Å²) in [6.45, 7) is 0. The zero-order chi connectivity index (χ0) is 12.1. The van der Waals surface area contributed by atoms with Gasteiger partial charge in [-0.05, 0) is 24.5 Å². The lowest BCUT2D eigenvalue weighted by Gasteiger charge is -2.07. The van der Waals surface area contributed by atoms with Crippen LogP contribution in [0.25, 0.3) is 0 Å². The van der Waals surface area contributed by atoms with Crippen LogP contribution in [0.4, 0.5) is 5.82 Å². The Balaban J connectivity index is 2.20. The number of carbonyl (C=O) groups is 1. The van der Waals surface area contributed by atoms with Crippen LogP contribution < -0.4 is 5.32 Å². The fourth-order valence-corrected chi connectivity index (χ4v) is 1.98. The van der Waals surface area contributed by atoms with Gasteiger partial charge in [0.05, 0.1) is 5.56 Å². The Morgan fingerprint density at radius 3 is 2.82 bits per heavy atom. The van der Waals surface area contributed by atoms with Crippen molar-refractivity contribution in [3.05, 3.63) is 48.4 Å². The molecule has 0 aliphatic rings. The van der Waals surface area contributed by atoms with Crippen LogP contribution in [0.3, 0.4) is 0 Å². The van der Waals surface area contributed by atoms with E-state index in [2.05, 4.69) is 15.3 Å². The fraction of sp³-hybridized carbons (Fsp3) is 0.0833. The van der Waals surface area contributed by atoms with E-state index in [-0.39, 0.29) is 5.91 Å². The van der Waals surface area contributed by atoms with E-state index in [4.69, 9.17) is 0 Å². The summed E-state index contributed by atoms with van der Waals surface area (Å²) in [4.78, 5) is 20.7. The van der Waals surface area contributed by atoms with Gasteiger partial charge in [0.15, 0.2) is 0 Å². The smallest absolute Gasteiger partial charge is 0.257 e. The van der Waals surface area contributed by atoms with Crippen molar-refractivity contribution in [2.45, 2.75) is 4.90 Å². The number of amides is 1. The van der Waals surface area contributed by atoms with Crippen LogP contribution in [0.5, 0.6) is 0 Å². The van der Waals surface area contributed by atoms with Crippen molar-refractivity contribution in [3.63, 3.8) is 0 Å². The molecule has 1 N–H and O–H groups in total. The van der Waals surface area contributed by atoms with Crippen molar-refractivity contribution in [2.24, 2.45) is 0 Å². The lowest BCUT2D eigenvalue weighted by Crippen LogP contribution is -2.13. The predicted octanol–water partition coefficient (Wildman–Crippen LogP) is 2.45. The summed E-state index contributed by atoms with van der Waals surface area (Å²) in [5.41, 5.74) is 0.651. The average molecular weight is 245 g/mol. The van der Waals surface area contributed by atoms with Crippen molar-refractivity contribution in [2.75, 3.05) is 11.6 Å². The fourth-order valence-electron chi connectivity index (χ4n) is 1.38. The first kappa shape index (κ1) is 11.6. The maximum atomic E-state index is 12.0. The minimum Gasteiger partial charge on any atom is -0.306 e. The maximum absolute atomic E-state index is 12.0. The third-order valence-corrected chi connectivity index (χ3v) is 2.97. The molecule has 1 aromatic carbocycles. The van der Waals surface area contributed by atoms with Crippen molar-refractivity contribution < 1.29 is 4.79 Å². The molecule has 0 spiro atoms. The summed E-state index contributed by atoms with van der Waals surface area (Å²) in [6.07, 6.45) is 4.93. The van der Waals surface area contributed by atoms with Gasteiger partial charge in [-0.1, -0.05) is 12.1 Å². The predicted molar refractivity (Wildman–Crippen MR) is 68.2 cm³/mol. The van der Waals surface area contributed by atoms with Crippen LogP contribution in [0.2, 0.25) is 0 Å². The van der Waals surface area contributed by atoms with Crippen molar-refractivity contribution in [1.29, 1.82) is 0 Å². The van der Waals surface area contributed by atoms with Gasteiger partial charge in [0.25, 0.3) is 5.91 Å². The molecule has 1 aromatic heterocycles. The van der Waals surface area contributed by atoms with Crippen LogP contribution in [-0.4, -0.2) is 22.1 Å². The molecule has 0 saturated heterocycles. The monoisotopic (exact) mass is 245 g/mol. The summed E-state index contributed by atoms with van der Waals surface area (Å²) < 4.78 is 0. The van der Waals surface area contributed by atoms with Gasteiger partial charge in [-0.15, -0.1) is 11.8 Å². The number of aromatic nitrogens is 2. The molecule has 1 heterocycles. The number of anilines is 1. The Morgan fingerprint density at radius 2 is 2.12 bits per heavy atom. The Hall–Kier alpha value is -1.88. The molecule has 2 rings (SSSR count). The molecular weight excluding hydrogens is 234 g/mol. The second-order valence-electron chi connectivity index (χ2n) is 3.25. The van der Waals surface area contributed by atoms with E-state index in [1.54, 1.807) is 30.1 Å². The molecule has 0 bridgehead atoms. The molecule has 0 aliphatic heterocycles. The van der Waals surface area contributed by atoms with Crippen LogP contribution >= 0.6 is 11.8 Å². The van der Waals surface area contributed by atoms with Gasteiger partial charge in [0, 0.05) is 11.1 Å². The zero-order valence-corrected chi connectivity index (χ0v) is 10.1. The highest BCUT2D eigenvalue weighted by Crippen LogP contribution is 2.20. The Morgan fingerprint density at radius 1 is 1.29 bits per heavy atom. The van der Waals surface area contributed by atoms with Crippen molar-refractivity contribution in [3.8, 4) is 0 Å². The van der Waals surface area contributed by atoms with E-state index in [9.17, 15) is 4.79 Å². The highest BCUT2D eigenvalue weighted by molar-refractivity contribution is 7.98. The normalized spacial score (nSPS) is 9.94. The average Bonchev–Trinajstić information content (AvgIpc) is 2.40. The molecule has 0 saturated carbocycles. The van der Waals surface area contributed by atoms with Crippen LogP contribution in [0.15, 0.2) is 47.8 Å². The van der Waals surface area contributed by atoms with Gasteiger partial charge in [-0.25, -0.2) is 9.97 Å². The number of nitrogens with zero attached hydrogens (tertiary/aromatic N) is 2. The van der Waals surface area contributed by atoms with E-state index in [1.165, 1.54) is 6.33 Å². The van der Waals surface area contributed by atoms with E-state index in [1.807, 2.05) is 24.5 Å². The van der Waals surface area contributed by atoms with E-state index in [0.29, 0.717) is 11.4 Å². The highest BCUT2D eigenvalue weighted by atomic mass is 32.2. The summed E-state index contributed by atoms with van der Waals surface area (Å²) in [7, 11) is 0. The summed E-state index contributed by atoms with van der Waals surface area (Å²) in [5.74, 6) is 0.342. The minimum absolute atomic E-state index is 0.159. The summed E-state index contributed by atoms with van der Waals surface area (Å²) >= 11 is 1.54. The quantitative estimate of drug-likeness (QED) is 0.844. The molecule has 4 nitrogen and oxygen atoms in total.